The van der Waals surface area contributed by atoms with Crippen molar-refractivity contribution >= 4 is 18.3 Å². The normalized spacial score (nSPS) is 36.3. The maximum absolute atomic E-state index is 12.5. The molecule has 23 heavy (non-hydrogen) atoms. The fraction of sp³-hybridized carbons (Fsp3) is 0.944. The SMILES string of the molecule is CC(N)C1CCCCN1CC(=O)NC(C)C1CC2CCC1C2.Cl. The number of nitrogens with one attached hydrogen (secondary N) is 1. The number of fused-ring (bicyclic) bond motifs is 2. The monoisotopic (exact) mass is 343 g/mol. The second-order valence-corrected chi connectivity index (χ2v) is 8.09. The van der Waals surface area contributed by atoms with Crippen LogP contribution in [0.3, 0.4) is 0 Å². The predicted octanol–water partition coefficient (Wildman–Crippen LogP) is 2.55. The molecule has 2 bridgehead atoms. The Kier molecular flexibility index (Phi) is 6.76. The van der Waals surface area contributed by atoms with Gasteiger partial charge in [-0.05, 0) is 70.3 Å². The Morgan fingerprint density at radius 1 is 1.22 bits per heavy atom. The van der Waals surface area contributed by atoms with E-state index in [9.17, 15) is 4.79 Å². The summed E-state index contributed by atoms with van der Waals surface area (Å²) in [4.78, 5) is 14.8. The van der Waals surface area contributed by atoms with E-state index in [4.69, 9.17) is 5.73 Å². The van der Waals surface area contributed by atoms with Crippen LogP contribution in [0.25, 0.3) is 0 Å². The van der Waals surface area contributed by atoms with Crippen LogP contribution in [0.5, 0.6) is 0 Å². The van der Waals surface area contributed by atoms with Crippen LogP contribution in [0.1, 0.15) is 58.8 Å². The van der Waals surface area contributed by atoms with Crippen molar-refractivity contribution in [2.45, 2.75) is 76.9 Å². The number of amides is 1. The molecule has 3 fully saturated rings. The van der Waals surface area contributed by atoms with Crippen LogP contribution in [0.2, 0.25) is 0 Å². The summed E-state index contributed by atoms with van der Waals surface area (Å²) in [7, 11) is 0. The minimum Gasteiger partial charge on any atom is -0.352 e. The van der Waals surface area contributed by atoms with Gasteiger partial charge in [-0.15, -0.1) is 12.4 Å². The van der Waals surface area contributed by atoms with Gasteiger partial charge in [-0.25, -0.2) is 0 Å². The standard InChI is InChI=1S/C18H33N3O.ClH/c1-12(19)17-5-3-4-8-21(17)11-18(22)20-13(2)16-10-14-6-7-15(16)9-14;/h12-17H,3-11,19H2,1-2H3,(H,20,22);1H. The van der Waals surface area contributed by atoms with E-state index in [2.05, 4.69) is 24.1 Å². The second-order valence-electron chi connectivity index (χ2n) is 8.09. The third-order valence-electron chi connectivity index (χ3n) is 6.44. The Hall–Kier alpha value is -0.320. The molecule has 3 aliphatic rings. The van der Waals surface area contributed by atoms with Crippen molar-refractivity contribution in [2.75, 3.05) is 13.1 Å². The Labute approximate surface area is 147 Å². The molecule has 0 radical (unpaired) electrons. The molecule has 1 amide bonds. The van der Waals surface area contributed by atoms with E-state index in [1.54, 1.807) is 0 Å². The number of rotatable bonds is 5. The lowest BCUT2D eigenvalue weighted by Gasteiger charge is -2.38. The van der Waals surface area contributed by atoms with Crippen LogP contribution in [0.15, 0.2) is 0 Å². The lowest BCUT2D eigenvalue weighted by Crippen LogP contribution is -2.53. The van der Waals surface area contributed by atoms with Gasteiger partial charge in [-0.1, -0.05) is 12.8 Å². The van der Waals surface area contributed by atoms with Gasteiger partial charge >= 0.3 is 0 Å². The fourth-order valence-electron chi connectivity index (χ4n) is 5.31. The molecule has 1 saturated heterocycles. The predicted molar refractivity (Wildman–Crippen MR) is 96.7 cm³/mol. The first-order valence-corrected chi connectivity index (χ1v) is 9.33. The van der Waals surface area contributed by atoms with E-state index in [1.807, 2.05) is 0 Å². The molecule has 0 aromatic heterocycles. The summed E-state index contributed by atoms with van der Waals surface area (Å²) < 4.78 is 0. The number of nitrogens with zero attached hydrogens (tertiary/aromatic N) is 1. The van der Waals surface area contributed by atoms with Crippen LogP contribution in [0.4, 0.5) is 0 Å². The van der Waals surface area contributed by atoms with Crippen molar-refractivity contribution in [1.29, 1.82) is 0 Å². The number of carbonyl (C=O) groups is 1. The van der Waals surface area contributed by atoms with Crippen LogP contribution in [0, 0.1) is 17.8 Å². The molecule has 1 aliphatic heterocycles. The largest absolute Gasteiger partial charge is 0.352 e. The molecular weight excluding hydrogens is 310 g/mol. The first kappa shape index (κ1) is 19.0. The maximum atomic E-state index is 12.5. The zero-order valence-electron chi connectivity index (χ0n) is 14.7. The minimum atomic E-state index is 0. The van der Waals surface area contributed by atoms with Gasteiger partial charge in [0.1, 0.15) is 0 Å². The highest BCUT2D eigenvalue weighted by molar-refractivity contribution is 5.85. The molecule has 0 spiro atoms. The van der Waals surface area contributed by atoms with Gasteiger partial charge in [-0.2, -0.15) is 0 Å². The number of halogens is 1. The lowest BCUT2D eigenvalue weighted by molar-refractivity contribution is -0.124. The highest BCUT2D eigenvalue weighted by atomic mass is 35.5. The fourth-order valence-corrected chi connectivity index (χ4v) is 5.31. The third-order valence-corrected chi connectivity index (χ3v) is 6.44. The van der Waals surface area contributed by atoms with Gasteiger partial charge in [0.2, 0.25) is 5.91 Å². The second kappa shape index (κ2) is 8.17. The molecule has 3 rings (SSSR count). The average molecular weight is 344 g/mol. The number of likely N-dealkylation sites (tertiary alicyclic amines) is 1. The molecule has 1 heterocycles. The van der Waals surface area contributed by atoms with Gasteiger partial charge in [0, 0.05) is 18.1 Å². The molecule has 0 aromatic rings. The average Bonchev–Trinajstić information content (AvgIpc) is 3.10. The highest BCUT2D eigenvalue weighted by Crippen LogP contribution is 2.49. The molecular formula is C18H34ClN3O. The van der Waals surface area contributed by atoms with Gasteiger partial charge < -0.3 is 11.1 Å². The summed E-state index contributed by atoms with van der Waals surface area (Å²) in [5.41, 5.74) is 6.10. The first-order chi connectivity index (χ1) is 10.5. The van der Waals surface area contributed by atoms with Gasteiger partial charge in [0.25, 0.3) is 0 Å². The van der Waals surface area contributed by atoms with Crippen molar-refractivity contribution in [1.82, 2.24) is 10.2 Å². The third kappa shape index (κ3) is 4.40. The Morgan fingerprint density at radius 3 is 2.61 bits per heavy atom. The number of piperidine rings is 1. The van der Waals surface area contributed by atoms with Gasteiger partial charge in [0.15, 0.2) is 0 Å². The summed E-state index contributed by atoms with van der Waals surface area (Å²) in [5, 5.41) is 3.29. The van der Waals surface area contributed by atoms with Crippen molar-refractivity contribution in [2.24, 2.45) is 23.5 Å². The Balaban J connectivity index is 0.00000192. The maximum Gasteiger partial charge on any atom is 0.234 e. The van der Waals surface area contributed by atoms with Crippen molar-refractivity contribution < 1.29 is 4.79 Å². The molecule has 6 atom stereocenters. The molecule has 4 nitrogen and oxygen atoms in total. The summed E-state index contributed by atoms with van der Waals surface area (Å²) >= 11 is 0. The molecule has 6 unspecified atom stereocenters. The summed E-state index contributed by atoms with van der Waals surface area (Å²) in [6.07, 6.45) is 9.11. The highest BCUT2D eigenvalue weighted by Gasteiger charge is 2.42. The van der Waals surface area contributed by atoms with Crippen LogP contribution in [-0.4, -0.2) is 42.0 Å². The number of hydrogen-bond acceptors (Lipinski definition) is 3. The molecule has 3 N–H and O–H groups in total. The minimum absolute atomic E-state index is 0. The Bertz CT molecular complexity index is 404. The number of nitrogens with two attached hydrogens (primary N) is 1. The van der Waals surface area contributed by atoms with Crippen molar-refractivity contribution in [3.8, 4) is 0 Å². The number of hydrogen-bond donors (Lipinski definition) is 2. The van der Waals surface area contributed by atoms with E-state index in [0.717, 1.165) is 24.8 Å². The van der Waals surface area contributed by atoms with Crippen LogP contribution >= 0.6 is 12.4 Å². The van der Waals surface area contributed by atoms with Crippen LogP contribution in [-0.2, 0) is 4.79 Å². The quantitative estimate of drug-likeness (QED) is 0.806. The summed E-state index contributed by atoms with van der Waals surface area (Å²) in [6, 6.07) is 0.856. The molecule has 0 aromatic carbocycles. The molecule has 134 valence electrons. The van der Waals surface area contributed by atoms with E-state index in [0.29, 0.717) is 24.5 Å². The van der Waals surface area contributed by atoms with E-state index >= 15 is 0 Å². The number of carbonyl (C=O) groups excluding carboxylic acids is 1. The smallest absolute Gasteiger partial charge is 0.234 e. The Morgan fingerprint density at radius 2 is 2.00 bits per heavy atom. The van der Waals surface area contributed by atoms with E-state index in [-0.39, 0.29) is 24.4 Å². The molecule has 2 saturated carbocycles. The van der Waals surface area contributed by atoms with Crippen molar-refractivity contribution in [3.05, 3.63) is 0 Å². The first-order valence-electron chi connectivity index (χ1n) is 9.33. The van der Waals surface area contributed by atoms with Crippen molar-refractivity contribution in [3.63, 3.8) is 0 Å². The molecule has 2 aliphatic carbocycles. The van der Waals surface area contributed by atoms with Gasteiger partial charge in [0.05, 0.1) is 6.54 Å². The molecule has 5 heteroatoms. The summed E-state index contributed by atoms with van der Waals surface area (Å²) in [6.45, 7) is 5.82. The topological polar surface area (TPSA) is 58.4 Å². The van der Waals surface area contributed by atoms with E-state index in [1.165, 1.54) is 38.5 Å². The van der Waals surface area contributed by atoms with Gasteiger partial charge in [-0.3, -0.25) is 9.69 Å². The zero-order valence-corrected chi connectivity index (χ0v) is 15.5. The zero-order chi connectivity index (χ0) is 15.7. The summed E-state index contributed by atoms with van der Waals surface area (Å²) in [5.74, 6) is 2.72. The lowest BCUT2D eigenvalue weighted by atomic mass is 9.84. The van der Waals surface area contributed by atoms with Crippen LogP contribution < -0.4 is 11.1 Å². The van der Waals surface area contributed by atoms with E-state index < -0.39 is 0 Å².